The molecule has 0 atom stereocenters. The van der Waals surface area contributed by atoms with Crippen molar-refractivity contribution in [3.8, 4) is 17.7 Å². The van der Waals surface area contributed by atoms with Gasteiger partial charge in [0.1, 0.15) is 18.1 Å². The Kier molecular flexibility index (Phi) is 2.47. The van der Waals surface area contributed by atoms with Gasteiger partial charge in [0.25, 0.3) is 5.88 Å². The number of rotatable bonds is 2. The first-order chi connectivity index (χ1) is 9.28. The number of nitrogens with two attached hydrogens (primary N) is 1. The van der Waals surface area contributed by atoms with Gasteiger partial charge in [-0.3, -0.25) is 4.40 Å². The molecule has 7 heteroatoms. The number of nitrogen functional groups attached to an aromatic ring is 1. The van der Waals surface area contributed by atoms with Crippen LogP contribution in [0.15, 0.2) is 36.9 Å². The molecule has 7 nitrogen and oxygen atoms in total. The quantitative estimate of drug-likeness (QED) is 0.691. The first-order valence-corrected chi connectivity index (χ1v) is 5.40. The van der Waals surface area contributed by atoms with Crippen molar-refractivity contribution in [3.05, 3.63) is 42.5 Å². The highest BCUT2D eigenvalue weighted by molar-refractivity contribution is 5.56. The van der Waals surface area contributed by atoms with E-state index < -0.39 is 0 Å². The zero-order valence-corrected chi connectivity index (χ0v) is 9.69. The zero-order chi connectivity index (χ0) is 13.2. The average Bonchev–Trinajstić information content (AvgIpc) is 2.90. The SMILES string of the molecule is N#Cc1cc(N)ccc1Oc1nccn2cnnc12. The third kappa shape index (κ3) is 1.91. The van der Waals surface area contributed by atoms with E-state index >= 15 is 0 Å². The van der Waals surface area contributed by atoms with Crippen molar-refractivity contribution in [2.24, 2.45) is 0 Å². The van der Waals surface area contributed by atoms with Gasteiger partial charge in [0.15, 0.2) is 0 Å². The van der Waals surface area contributed by atoms with Gasteiger partial charge in [0.2, 0.25) is 5.65 Å². The molecule has 2 aromatic heterocycles. The maximum absolute atomic E-state index is 9.06. The predicted molar refractivity (Wildman–Crippen MR) is 66.4 cm³/mol. The van der Waals surface area contributed by atoms with E-state index in [1.54, 1.807) is 35.0 Å². The van der Waals surface area contributed by atoms with Crippen molar-refractivity contribution >= 4 is 11.3 Å². The van der Waals surface area contributed by atoms with E-state index in [0.717, 1.165) is 0 Å². The summed E-state index contributed by atoms with van der Waals surface area (Å²) in [6.45, 7) is 0. The number of hydrogen-bond acceptors (Lipinski definition) is 6. The summed E-state index contributed by atoms with van der Waals surface area (Å²) in [5.41, 5.74) is 6.93. The van der Waals surface area contributed by atoms with Gasteiger partial charge in [-0.25, -0.2) is 4.98 Å². The molecule has 0 amide bonds. The molecule has 2 N–H and O–H groups in total. The summed E-state index contributed by atoms with van der Waals surface area (Å²) in [7, 11) is 0. The van der Waals surface area contributed by atoms with Gasteiger partial charge in [-0.15, -0.1) is 10.2 Å². The Bertz CT molecular complexity index is 788. The normalized spacial score (nSPS) is 10.3. The fourth-order valence-electron chi connectivity index (χ4n) is 1.64. The summed E-state index contributed by atoms with van der Waals surface area (Å²) < 4.78 is 7.29. The fourth-order valence-corrected chi connectivity index (χ4v) is 1.64. The van der Waals surface area contributed by atoms with Crippen LogP contribution in [0.2, 0.25) is 0 Å². The summed E-state index contributed by atoms with van der Waals surface area (Å²) in [6.07, 6.45) is 4.81. The molecular formula is C12H8N6O. The number of ether oxygens (including phenoxy) is 1. The molecule has 0 unspecified atom stereocenters. The van der Waals surface area contributed by atoms with Crippen LogP contribution in [-0.2, 0) is 0 Å². The molecule has 0 saturated carbocycles. The molecule has 2 heterocycles. The third-order valence-corrected chi connectivity index (χ3v) is 2.51. The highest BCUT2D eigenvalue weighted by Gasteiger charge is 2.10. The minimum Gasteiger partial charge on any atom is -0.434 e. The lowest BCUT2D eigenvalue weighted by Gasteiger charge is -2.07. The van der Waals surface area contributed by atoms with E-state index in [-0.39, 0.29) is 5.88 Å². The number of benzene rings is 1. The maximum Gasteiger partial charge on any atom is 0.265 e. The molecule has 0 radical (unpaired) electrons. The molecule has 0 aliphatic carbocycles. The van der Waals surface area contributed by atoms with Crippen LogP contribution in [0, 0.1) is 11.3 Å². The molecule has 92 valence electrons. The number of anilines is 1. The van der Waals surface area contributed by atoms with Gasteiger partial charge < -0.3 is 10.5 Å². The zero-order valence-electron chi connectivity index (χ0n) is 9.69. The van der Waals surface area contributed by atoms with E-state index in [9.17, 15) is 0 Å². The summed E-state index contributed by atoms with van der Waals surface area (Å²) in [5.74, 6) is 0.654. The second-order valence-electron chi connectivity index (χ2n) is 3.76. The lowest BCUT2D eigenvalue weighted by molar-refractivity contribution is 0.463. The molecule has 0 aliphatic heterocycles. The van der Waals surface area contributed by atoms with Crippen molar-refractivity contribution in [2.75, 3.05) is 5.73 Å². The van der Waals surface area contributed by atoms with E-state index in [0.29, 0.717) is 22.6 Å². The Balaban J connectivity index is 2.06. The number of aromatic nitrogens is 4. The van der Waals surface area contributed by atoms with Crippen molar-refractivity contribution in [1.82, 2.24) is 19.6 Å². The molecule has 0 aliphatic rings. The fraction of sp³-hybridized carbons (Fsp3) is 0. The predicted octanol–water partition coefficient (Wildman–Crippen LogP) is 1.37. The van der Waals surface area contributed by atoms with Crippen LogP contribution in [0.1, 0.15) is 5.56 Å². The summed E-state index contributed by atoms with van der Waals surface area (Å²) >= 11 is 0. The van der Waals surface area contributed by atoms with Crippen LogP contribution in [0.5, 0.6) is 11.6 Å². The Labute approximate surface area is 107 Å². The Morgan fingerprint density at radius 3 is 3.11 bits per heavy atom. The van der Waals surface area contributed by atoms with E-state index in [2.05, 4.69) is 15.2 Å². The number of nitriles is 1. The molecule has 19 heavy (non-hydrogen) atoms. The highest BCUT2D eigenvalue weighted by atomic mass is 16.5. The van der Waals surface area contributed by atoms with Gasteiger partial charge in [-0.05, 0) is 18.2 Å². The highest BCUT2D eigenvalue weighted by Crippen LogP contribution is 2.26. The molecular weight excluding hydrogens is 244 g/mol. The van der Waals surface area contributed by atoms with Gasteiger partial charge in [-0.2, -0.15) is 5.26 Å². The Hall–Kier alpha value is -3.14. The summed E-state index contributed by atoms with van der Waals surface area (Å²) in [5, 5.41) is 16.7. The van der Waals surface area contributed by atoms with Crippen LogP contribution < -0.4 is 10.5 Å². The van der Waals surface area contributed by atoms with Crippen LogP contribution in [0.4, 0.5) is 5.69 Å². The first-order valence-electron chi connectivity index (χ1n) is 5.40. The van der Waals surface area contributed by atoms with Crippen LogP contribution in [0.25, 0.3) is 5.65 Å². The molecule has 0 spiro atoms. The second-order valence-corrected chi connectivity index (χ2v) is 3.76. The number of hydrogen-bond donors (Lipinski definition) is 1. The van der Waals surface area contributed by atoms with Gasteiger partial charge >= 0.3 is 0 Å². The lowest BCUT2D eigenvalue weighted by atomic mass is 10.2. The monoisotopic (exact) mass is 252 g/mol. The third-order valence-electron chi connectivity index (χ3n) is 2.51. The van der Waals surface area contributed by atoms with Crippen LogP contribution >= 0.6 is 0 Å². The Morgan fingerprint density at radius 2 is 2.26 bits per heavy atom. The second kappa shape index (κ2) is 4.27. The standard InChI is InChI=1S/C12H8N6O/c13-6-8-5-9(14)1-2-10(8)19-12-11-17-16-7-18(11)4-3-15-12/h1-5,7H,14H2. The minimum atomic E-state index is 0.279. The molecule has 0 saturated heterocycles. The van der Waals surface area contributed by atoms with Crippen molar-refractivity contribution in [2.45, 2.75) is 0 Å². The van der Waals surface area contributed by atoms with E-state index in [1.807, 2.05) is 6.07 Å². The van der Waals surface area contributed by atoms with Crippen LogP contribution in [0.3, 0.4) is 0 Å². The molecule has 3 aromatic rings. The lowest BCUT2D eigenvalue weighted by Crippen LogP contribution is -1.96. The van der Waals surface area contributed by atoms with E-state index in [4.69, 9.17) is 15.7 Å². The summed E-state index contributed by atoms with van der Waals surface area (Å²) in [6, 6.07) is 6.84. The topological polar surface area (TPSA) is 102 Å². The number of nitrogens with zero attached hydrogens (tertiary/aromatic N) is 5. The van der Waals surface area contributed by atoms with Crippen LogP contribution in [-0.4, -0.2) is 19.6 Å². The summed E-state index contributed by atoms with van der Waals surface area (Å²) in [4.78, 5) is 4.09. The smallest absolute Gasteiger partial charge is 0.265 e. The molecule has 3 rings (SSSR count). The van der Waals surface area contributed by atoms with Gasteiger partial charge in [0.05, 0.1) is 5.56 Å². The van der Waals surface area contributed by atoms with Crippen molar-refractivity contribution in [1.29, 1.82) is 5.26 Å². The molecule has 0 bridgehead atoms. The molecule has 1 aromatic carbocycles. The number of fused-ring (bicyclic) bond motifs is 1. The van der Waals surface area contributed by atoms with E-state index in [1.165, 1.54) is 6.33 Å². The average molecular weight is 252 g/mol. The van der Waals surface area contributed by atoms with Crippen molar-refractivity contribution < 1.29 is 4.74 Å². The maximum atomic E-state index is 9.06. The minimum absolute atomic E-state index is 0.279. The molecule has 0 fully saturated rings. The largest absolute Gasteiger partial charge is 0.434 e. The first kappa shape index (κ1) is 11.0. The van der Waals surface area contributed by atoms with Crippen molar-refractivity contribution in [3.63, 3.8) is 0 Å². The Morgan fingerprint density at radius 1 is 1.37 bits per heavy atom. The van der Waals surface area contributed by atoms with Gasteiger partial charge in [0, 0.05) is 18.1 Å². The van der Waals surface area contributed by atoms with Gasteiger partial charge in [-0.1, -0.05) is 0 Å².